The minimum atomic E-state index is -0.366. The first-order chi connectivity index (χ1) is 10.5. The third-order valence-corrected chi connectivity index (χ3v) is 4.81. The Labute approximate surface area is 131 Å². The Morgan fingerprint density at radius 3 is 2.45 bits per heavy atom. The molecule has 0 spiro atoms. The summed E-state index contributed by atoms with van der Waals surface area (Å²) in [7, 11) is 1.89. The van der Waals surface area contributed by atoms with Crippen LogP contribution in [-0.2, 0) is 7.05 Å². The minimum absolute atomic E-state index is 0.365. The predicted octanol–water partition coefficient (Wildman–Crippen LogP) is 3.74. The summed E-state index contributed by atoms with van der Waals surface area (Å²) in [6.45, 7) is 4.13. The van der Waals surface area contributed by atoms with E-state index in [2.05, 4.69) is 31.0 Å². The van der Waals surface area contributed by atoms with Crippen LogP contribution in [0.5, 0.6) is 0 Å². The van der Waals surface area contributed by atoms with E-state index in [9.17, 15) is 9.18 Å². The second-order valence-electron chi connectivity index (χ2n) is 5.27. The van der Waals surface area contributed by atoms with Crippen LogP contribution in [0.3, 0.4) is 0 Å². The van der Waals surface area contributed by atoms with E-state index >= 15 is 0 Å². The topological polar surface area (TPSA) is 34.4 Å². The summed E-state index contributed by atoms with van der Waals surface area (Å²) in [6.07, 6.45) is 0. The molecule has 22 heavy (non-hydrogen) atoms. The number of amides is 1. The van der Waals surface area contributed by atoms with E-state index in [4.69, 9.17) is 0 Å². The second kappa shape index (κ2) is 5.50. The van der Waals surface area contributed by atoms with Crippen LogP contribution in [0, 0.1) is 19.7 Å². The van der Waals surface area contributed by atoms with Gasteiger partial charge in [-0.3, -0.25) is 4.79 Å². The Bertz CT molecular complexity index is 936. The molecule has 1 aromatic heterocycles. The van der Waals surface area contributed by atoms with E-state index in [1.807, 2.05) is 11.6 Å². The lowest BCUT2D eigenvalue weighted by atomic mass is 10.1. The summed E-state index contributed by atoms with van der Waals surface area (Å²) in [5, 5.41) is 0. The number of aryl methyl sites for hydroxylation is 3. The number of hydrogen-bond donors (Lipinski definition) is 0. The number of benzene rings is 2. The van der Waals surface area contributed by atoms with Gasteiger partial charge in [-0.05, 0) is 61.4 Å². The highest BCUT2D eigenvalue weighted by molar-refractivity contribution is 7.16. The number of rotatable bonds is 1. The van der Waals surface area contributed by atoms with Gasteiger partial charge < -0.3 is 4.57 Å². The molecule has 0 aliphatic rings. The first kappa shape index (κ1) is 14.7. The molecular weight excluding hydrogens is 299 g/mol. The van der Waals surface area contributed by atoms with Gasteiger partial charge in [-0.2, -0.15) is 4.99 Å². The molecule has 0 radical (unpaired) electrons. The van der Waals surface area contributed by atoms with Gasteiger partial charge in [-0.25, -0.2) is 4.39 Å². The molecule has 0 atom stereocenters. The molecule has 0 saturated heterocycles. The maximum atomic E-state index is 12.9. The number of halogens is 1. The monoisotopic (exact) mass is 314 g/mol. The summed E-state index contributed by atoms with van der Waals surface area (Å²) in [4.78, 5) is 17.0. The number of nitrogens with zero attached hydrogens (tertiary/aromatic N) is 2. The smallest absolute Gasteiger partial charge is 0.279 e. The van der Waals surface area contributed by atoms with Crippen molar-refractivity contribution in [2.75, 3.05) is 0 Å². The third kappa shape index (κ3) is 2.60. The Balaban J connectivity index is 2.11. The van der Waals surface area contributed by atoms with Crippen LogP contribution in [0.2, 0.25) is 0 Å². The molecule has 1 amide bonds. The van der Waals surface area contributed by atoms with Gasteiger partial charge in [0, 0.05) is 12.6 Å². The number of aromatic nitrogens is 1. The number of carbonyl (C=O) groups excluding carboxylic acids is 1. The van der Waals surface area contributed by atoms with Gasteiger partial charge in [0.05, 0.1) is 10.2 Å². The summed E-state index contributed by atoms with van der Waals surface area (Å²) in [5.41, 5.74) is 3.85. The molecule has 1 heterocycles. The molecule has 5 heteroatoms. The Hall–Kier alpha value is -2.27. The summed E-state index contributed by atoms with van der Waals surface area (Å²) >= 11 is 1.47. The molecular formula is C17H15FN2OS. The highest BCUT2D eigenvalue weighted by atomic mass is 32.1. The molecule has 0 aliphatic heterocycles. The normalized spacial score (nSPS) is 12.1. The van der Waals surface area contributed by atoms with Crippen molar-refractivity contribution >= 4 is 27.5 Å². The van der Waals surface area contributed by atoms with Gasteiger partial charge in [0.25, 0.3) is 5.91 Å². The van der Waals surface area contributed by atoms with Gasteiger partial charge >= 0.3 is 0 Å². The van der Waals surface area contributed by atoms with Crippen molar-refractivity contribution in [1.29, 1.82) is 0 Å². The molecule has 3 rings (SSSR count). The number of hydrogen-bond acceptors (Lipinski definition) is 2. The fourth-order valence-electron chi connectivity index (χ4n) is 2.23. The van der Waals surface area contributed by atoms with E-state index in [1.165, 1.54) is 46.7 Å². The van der Waals surface area contributed by atoms with Crippen LogP contribution in [-0.4, -0.2) is 10.5 Å². The van der Waals surface area contributed by atoms with Crippen molar-refractivity contribution in [3.05, 3.63) is 63.7 Å². The van der Waals surface area contributed by atoms with Gasteiger partial charge in [0.2, 0.25) is 0 Å². The molecule has 0 aliphatic carbocycles. The standard InChI is InChI=1S/C17H15FN2OS/c1-10-8-14-15(9-11(10)2)22-17(20(14)3)19-16(21)12-4-6-13(18)7-5-12/h4-9H,1-3H3. The lowest BCUT2D eigenvalue weighted by Gasteiger charge is -2.00. The summed E-state index contributed by atoms with van der Waals surface area (Å²) in [5.74, 6) is -0.731. The van der Waals surface area contributed by atoms with E-state index in [-0.39, 0.29) is 11.7 Å². The number of fused-ring (bicyclic) bond motifs is 1. The van der Waals surface area contributed by atoms with Crippen molar-refractivity contribution in [3.8, 4) is 0 Å². The highest BCUT2D eigenvalue weighted by Crippen LogP contribution is 2.21. The Morgan fingerprint density at radius 2 is 1.77 bits per heavy atom. The Kier molecular flexibility index (Phi) is 3.66. The largest absolute Gasteiger partial charge is 0.319 e. The average Bonchev–Trinajstić information content (AvgIpc) is 2.77. The first-order valence-electron chi connectivity index (χ1n) is 6.87. The molecule has 3 nitrogen and oxygen atoms in total. The van der Waals surface area contributed by atoms with Crippen LogP contribution in [0.4, 0.5) is 4.39 Å². The first-order valence-corrected chi connectivity index (χ1v) is 7.69. The van der Waals surface area contributed by atoms with Crippen molar-refractivity contribution in [3.63, 3.8) is 0 Å². The van der Waals surface area contributed by atoms with Gasteiger partial charge in [0.15, 0.2) is 4.80 Å². The second-order valence-corrected chi connectivity index (χ2v) is 6.28. The van der Waals surface area contributed by atoms with E-state index < -0.39 is 0 Å². The average molecular weight is 314 g/mol. The summed E-state index contributed by atoms with van der Waals surface area (Å²) in [6, 6.07) is 9.63. The van der Waals surface area contributed by atoms with Crippen LogP contribution >= 0.6 is 11.3 Å². The molecule has 3 aromatic rings. The van der Waals surface area contributed by atoms with Crippen molar-refractivity contribution in [1.82, 2.24) is 4.57 Å². The lowest BCUT2D eigenvalue weighted by Crippen LogP contribution is -2.13. The molecule has 0 fully saturated rings. The van der Waals surface area contributed by atoms with Crippen LogP contribution in [0.15, 0.2) is 41.4 Å². The van der Waals surface area contributed by atoms with Crippen LogP contribution in [0.25, 0.3) is 10.2 Å². The van der Waals surface area contributed by atoms with Gasteiger partial charge in [0.1, 0.15) is 5.82 Å². The summed E-state index contributed by atoms with van der Waals surface area (Å²) < 4.78 is 15.9. The van der Waals surface area contributed by atoms with Gasteiger partial charge in [-0.15, -0.1) is 0 Å². The minimum Gasteiger partial charge on any atom is -0.319 e. The zero-order valence-electron chi connectivity index (χ0n) is 12.6. The predicted molar refractivity (Wildman–Crippen MR) is 86.6 cm³/mol. The van der Waals surface area contributed by atoms with Crippen molar-refractivity contribution < 1.29 is 9.18 Å². The fraction of sp³-hybridized carbons (Fsp3) is 0.176. The SMILES string of the molecule is Cc1cc2sc(=NC(=O)c3ccc(F)cc3)n(C)c2cc1C. The Morgan fingerprint density at radius 1 is 1.14 bits per heavy atom. The van der Waals surface area contributed by atoms with Gasteiger partial charge in [-0.1, -0.05) is 11.3 Å². The third-order valence-electron chi connectivity index (χ3n) is 3.71. The quantitative estimate of drug-likeness (QED) is 0.674. The molecule has 0 bridgehead atoms. The maximum Gasteiger partial charge on any atom is 0.279 e. The molecule has 0 unspecified atom stereocenters. The molecule has 2 aromatic carbocycles. The molecule has 0 N–H and O–H groups in total. The lowest BCUT2D eigenvalue weighted by molar-refractivity contribution is 0.0998. The van der Waals surface area contributed by atoms with Crippen molar-refractivity contribution in [2.24, 2.45) is 12.0 Å². The van der Waals surface area contributed by atoms with Crippen LogP contribution < -0.4 is 4.80 Å². The van der Waals surface area contributed by atoms with E-state index in [0.29, 0.717) is 10.4 Å². The fourth-order valence-corrected chi connectivity index (χ4v) is 3.33. The maximum absolute atomic E-state index is 12.9. The van der Waals surface area contributed by atoms with E-state index in [0.717, 1.165) is 10.2 Å². The number of carbonyl (C=O) groups is 1. The zero-order valence-corrected chi connectivity index (χ0v) is 13.4. The molecule has 0 saturated carbocycles. The molecule has 112 valence electrons. The highest BCUT2D eigenvalue weighted by Gasteiger charge is 2.08. The zero-order chi connectivity index (χ0) is 15.9. The van der Waals surface area contributed by atoms with E-state index in [1.54, 1.807) is 0 Å². The van der Waals surface area contributed by atoms with Crippen molar-refractivity contribution in [2.45, 2.75) is 13.8 Å². The van der Waals surface area contributed by atoms with Crippen LogP contribution in [0.1, 0.15) is 21.5 Å². The number of thiazole rings is 1.